The van der Waals surface area contributed by atoms with Crippen LogP contribution in [0.4, 0.5) is 0 Å². The van der Waals surface area contributed by atoms with Crippen molar-refractivity contribution in [3.63, 3.8) is 0 Å². The third kappa shape index (κ3) is 4.85. The first-order chi connectivity index (χ1) is 5.90. The van der Waals surface area contributed by atoms with Gasteiger partial charge >= 0.3 is 0 Å². The summed E-state index contributed by atoms with van der Waals surface area (Å²) in [6, 6.07) is 0. The molecule has 0 rings (SSSR count). The number of amides is 1. The van der Waals surface area contributed by atoms with E-state index in [2.05, 4.69) is 5.32 Å². The lowest BCUT2D eigenvalue weighted by Crippen LogP contribution is -2.52. The van der Waals surface area contributed by atoms with Crippen LogP contribution < -0.4 is 11.1 Å². The van der Waals surface area contributed by atoms with Crippen molar-refractivity contribution in [1.29, 1.82) is 0 Å². The highest BCUT2D eigenvalue weighted by Crippen LogP contribution is 2.07. The van der Waals surface area contributed by atoms with Crippen LogP contribution in [0.25, 0.3) is 0 Å². The van der Waals surface area contributed by atoms with E-state index in [1.807, 2.05) is 6.92 Å². The maximum absolute atomic E-state index is 11.4. The minimum atomic E-state index is -0.816. The summed E-state index contributed by atoms with van der Waals surface area (Å²) >= 11 is 0. The number of carbonyl (C=O) groups is 1. The molecule has 4 N–H and O–H groups in total. The van der Waals surface area contributed by atoms with Gasteiger partial charge in [-0.2, -0.15) is 0 Å². The summed E-state index contributed by atoms with van der Waals surface area (Å²) in [5, 5.41) is 11.5. The van der Waals surface area contributed by atoms with Gasteiger partial charge in [0.2, 0.25) is 5.91 Å². The van der Waals surface area contributed by atoms with Crippen LogP contribution in [0, 0.1) is 0 Å². The molecular formula is C9H20N2O2. The summed E-state index contributed by atoms with van der Waals surface area (Å²) < 4.78 is 0. The molecule has 0 aromatic rings. The molecule has 0 radical (unpaired) electrons. The van der Waals surface area contributed by atoms with Crippen LogP contribution in [0.15, 0.2) is 0 Å². The lowest BCUT2D eigenvalue weighted by Gasteiger charge is -2.23. The average molecular weight is 188 g/mol. The van der Waals surface area contributed by atoms with Crippen molar-refractivity contribution < 1.29 is 9.90 Å². The van der Waals surface area contributed by atoms with Crippen LogP contribution in [-0.4, -0.2) is 29.2 Å². The van der Waals surface area contributed by atoms with Gasteiger partial charge in [0, 0.05) is 6.54 Å². The second kappa shape index (κ2) is 5.19. The first-order valence-corrected chi connectivity index (χ1v) is 4.65. The second-order valence-electron chi connectivity index (χ2n) is 3.73. The number of rotatable bonds is 5. The van der Waals surface area contributed by atoms with E-state index in [9.17, 15) is 4.79 Å². The van der Waals surface area contributed by atoms with E-state index in [-0.39, 0.29) is 12.5 Å². The smallest absolute Gasteiger partial charge is 0.239 e. The highest BCUT2D eigenvalue weighted by molar-refractivity contribution is 5.85. The van der Waals surface area contributed by atoms with Crippen molar-refractivity contribution >= 4 is 5.91 Å². The zero-order chi connectivity index (χ0) is 10.5. The fraction of sp³-hybridized carbons (Fsp3) is 0.889. The fourth-order valence-corrected chi connectivity index (χ4v) is 1.08. The molecule has 0 aliphatic rings. The van der Waals surface area contributed by atoms with Gasteiger partial charge in [-0.1, -0.05) is 13.3 Å². The topological polar surface area (TPSA) is 75.4 Å². The Kier molecular flexibility index (Phi) is 4.95. The lowest BCUT2D eigenvalue weighted by atomic mass is 9.96. The third-order valence-corrected chi connectivity index (χ3v) is 1.85. The molecule has 0 aromatic heterocycles. The normalized spacial score (nSPS) is 17.6. The van der Waals surface area contributed by atoms with E-state index in [1.165, 1.54) is 0 Å². The Labute approximate surface area is 79.5 Å². The molecule has 1 unspecified atom stereocenters. The summed E-state index contributed by atoms with van der Waals surface area (Å²) in [5.41, 5.74) is 4.95. The molecule has 13 heavy (non-hydrogen) atoms. The van der Waals surface area contributed by atoms with Crippen LogP contribution in [-0.2, 0) is 4.79 Å². The average Bonchev–Trinajstić information content (AvgIpc) is 1.99. The summed E-state index contributed by atoms with van der Waals surface area (Å²) in [6.45, 7) is 5.56. The Balaban J connectivity index is 3.94. The van der Waals surface area contributed by atoms with E-state index in [0.29, 0.717) is 6.42 Å². The highest BCUT2D eigenvalue weighted by Gasteiger charge is 2.26. The van der Waals surface area contributed by atoms with Gasteiger partial charge < -0.3 is 16.2 Å². The molecule has 4 nitrogen and oxygen atoms in total. The van der Waals surface area contributed by atoms with Crippen LogP contribution in [0.3, 0.4) is 0 Å². The third-order valence-electron chi connectivity index (χ3n) is 1.85. The van der Waals surface area contributed by atoms with Gasteiger partial charge in [0.25, 0.3) is 0 Å². The van der Waals surface area contributed by atoms with Crippen molar-refractivity contribution in [2.24, 2.45) is 5.73 Å². The highest BCUT2D eigenvalue weighted by atomic mass is 16.3. The zero-order valence-corrected chi connectivity index (χ0v) is 8.63. The predicted octanol–water partition coefficient (Wildman–Crippen LogP) is 0.000900. The second-order valence-corrected chi connectivity index (χ2v) is 3.73. The standard InChI is InChI=1S/C9H20N2O2/c1-4-5-9(3,10)8(13)11-6-7(2)12/h7,12H,4-6,10H2,1-3H3,(H,11,13)/t7-,9?/m0/s1. The monoisotopic (exact) mass is 188 g/mol. The van der Waals surface area contributed by atoms with Gasteiger partial charge in [0.15, 0.2) is 0 Å². The van der Waals surface area contributed by atoms with Crippen molar-refractivity contribution in [2.75, 3.05) is 6.54 Å². The van der Waals surface area contributed by atoms with Gasteiger partial charge in [0.1, 0.15) is 0 Å². The van der Waals surface area contributed by atoms with Gasteiger partial charge in [0.05, 0.1) is 11.6 Å². The van der Waals surface area contributed by atoms with Crippen LogP contribution in [0.2, 0.25) is 0 Å². The van der Waals surface area contributed by atoms with Crippen LogP contribution >= 0.6 is 0 Å². The molecule has 0 fully saturated rings. The number of carbonyl (C=O) groups excluding carboxylic acids is 1. The minimum absolute atomic E-state index is 0.199. The van der Waals surface area contributed by atoms with Crippen molar-refractivity contribution in [3.05, 3.63) is 0 Å². The molecule has 1 amide bonds. The summed E-state index contributed by atoms with van der Waals surface area (Å²) in [7, 11) is 0. The van der Waals surface area contributed by atoms with Gasteiger partial charge in [-0.3, -0.25) is 4.79 Å². The van der Waals surface area contributed by atoms with Crippen LogP contribution in [0.5, 0.6) is 0 Å². The lowest BCUT2D eigenvalue weighted by molar-refractivity contribution is -0.126. The number of hydrogen-bond acceptors (Lipinski definition) is 3. The molecule has 0 aromatic carbocycles. The van der Waals surface area contributed by atoms with Crippen molar-refractivity contribution in [1.82, 2.24) is 5.32 Å². The molecule has 0 saturated carbocycles. The molecule has 4 heteroatoms. The summed E-state index contributed by atoms with van der Waals surface area (Å²) in [4.78, 5) is 11.4. The molecule has 2 atom stereocenters. The predicted molar refractivity (Wildman–Crippen MR) is 52.2 cm³/mol. The maximum Gasteiger partial charge on any atom is 0.239 e. The van der Waals surface area contributed by atoms with Crippen molar-refractivity contribution in [3.8, 4) is 0 Å². The number of aliphatic hydroxyl groups excluding tert-OH is 1. The molecule has 0 saturated heterocycles. The van der Waals surface area contributed by atoms with Gasteiger partial charge in [-0.25, -0.2) is 0 Å². The number of nitrogens with one attached hydrogen (secondary N) is 1. The van der Waals surface area contributed by atoms with E-state index in [0.717, 1.165) is 6.42 Å². The quantitative estimate of drug-likeness (QED) is 0.568. The molecule has 0 bridgehead atoms. The Hall–Kier alpha value is -0.610. The SMILES string of the molecule is CCCC(C)(N)C(=O)NC[C@H](C)O. The van der Waals surface area contributed by atoms with E-state index >= 15 is 0 Å². The summed E-state index contributed by atoms with van der Waals surface area (Å²) in [6.07, 6.45) is 0.995. The maximum atomic E-state index is 11.4. The number of nitrogens with two attached hydrogens (primary N) is 1. The van der Waals surface area contributed by atoms with Crippen molar-refractivity contribution in [2.45, 2.75) is 45.3 Å². The Morgan fingerprint density at radius 2 is 2.23 bits per heavy atom. The molecule has 78 valence electrons. The fourth-order valence-electron chi connectivity index (χ4n) is 1.08. The van der Waals surface area contributed by atoms with Gasteiger partial charge in [-0.15, -0.1) is 0 Å². The number of hydrogen-bond donors (Lipinski definition) is 3. The molecule has 0 heterocycles. The Morgan fingerprint density at radius 3 is 2.62 bits per heavy atom. The van der Waals surface area contributed by atoms with E-state index in [4.69, 9.17) is 10.8 Å². The Bertz CT molecular complexity index is 167. The first kappa shape index (κ1) is 12.4. The summed E-state index contributed by atoms with van der Waals surface area (Å²) in [5.74, 6) is -0.199. The minimum Gasteiger partial charge on any atom is -0.392 e. The van der Waals surface area contributed by atoms with Crippen LogP contribution in [0.1, 0.15) is 33.6 Å². The zero-order valence-electron chi connectivity index (χ0n) is 8.63. The largest absolute Gasteiger partial charge is 0.392 e. The molecule has 0 aliphatic heterocycles. The molecule has 0 spiro atoms. The Morgan fingerprint density at radius 1 is 1.69 bits per heavy atom. The van der Waals surface area contributed by atoms with E-state index in [1.54, 1.807) is 13.8 Å². The first-order valence-electron chi connectivity index (χ1n) is 4.65. The molecule has 0 aliphatic carbocycles. The van der Waals surface area contributed by atoms with E-state index < -0.39 is 11.6 Å². The molecular weight excluding hydrogens is 168 g/mol. The number of aliphatic hydroxyl groups is 1. The van der Waals surface area contributed by atoms with Gasteiger partial charge in [-0.05, 0) is 20.3 Å².